The Bertz CT molecular complexity index is 922. The Morgan fingerprint density at radius 2 is 1.85 bits per heavy atom. The second-order valence-corrected chi connectivity index (χ2v) is 4.89. The average Bonchev–Trinajstić information content (AvgIpc) is 2.94. The average molecular weight is 259 g/mol. The summed E-state index contributed by atoms with van der Waals surface area (Å²) in [6, 6.07) is 18.2. The first kappa shape index (κ1) is 11.1. The summed E-state index contributed by atoms with van der Waals surface area (Å²) in [6.07, 6.45) is 1.94. The normalized spacial score (nSPS) is 11.2. The first-order chi connectivity index (χ1) is 9.81. The summed E-state index contributed by atoms with van der Waals surface area (Å²) in [5, 5.41) is 2.18. The van der Waals surface area contributed by atoms with E-state index in [2.05, 4.69) is 29.2 Å². The van der Waals surface area contributed by atoms with Gasteiger partial charge in [-0.2, -0.15) is 0 Å². The molecule has 4 rings (SSSR count). The monoisotopic (exact) mass is 259 g/mol. The van der Waals surface area contributed by atoms with Gasteiger partial charge in [0.15, 0.2) is 0 Å². The number of aromatic nitrogens is 2. The van der Waals surface area contributed by atoms with Crippen molar-refractivity contribution in [1.29, 1.82) is 0 Å². The van der Waals surface area contributed by atoms with E-state index in [-0.39, 0.29) is 0 Å². The van der Waals surface area contributed by atoms with Crippen molar-refractivity contribution in [2.24, 2.45) is 0 Å². The predicted molar refractivity (Wildman–Crippen MR) is 83.4 cm³/mol. The van der Waals surface area contributed by atoms with Crippen LogP contribution >= 0.6 is 0 Å². The number of nitrogens with zero attached hydrogens (tertiary/aromatic N) is 1. The van der Waals surface area contributed by atoms with E-state index in [4.69, 9.17) is 10.7 Å². The predicted octanol–water partition coefficient (Wildman–Crippen LogP) is 3.97. The number of pyridine rings is 1. The van der Waals surface area contributed by atoms with Crippen LogP contribution < -0.4 is 5.73 Å². The highest BCUT2D eigenvalue weighted by molar-refractivity contribution is 5.93. The molecule has 0 aliphatic heterocycles. The number of nitrogens with one attached hydrogen (secondary N) is 1. The molecule has 2 heterocycles. The molecule has 2 aromatic carbocycles. The molecule has 0 bridgehead atoms. The highest BCUT2D eigenvalue weighted by Gasteiger charge is 2.06. The Morgan fingerprint density at radius 1 is 0.950 bits per heavy atom. The van der Waals surface area contributed by atoms with Crippen molar-refractivity contribution in [3.05, 3.63) is 60.8 Å². The van der Waals surface area contributed by atoms with Gasteiger partial charge in [-0.1, -0.05) is 24.3 Å². The molecule has 3 heteroatoms. The Balaban J connectivity index is 1.96. The standard InChI is InChI=1S/C17H13N3/c18-14-10-17(20-16-4-2-1-3-13(14)16)11-5-6-15-12(9-11)7-8-19-15/h1-10,19H,(H2,18,20). The molecule has 0 spiro atoms. The number of benzene rings is 2. The lowest BCUT2D eigenvalue weighted by Gasteiger charge is -2.06. The van der Waals surface area contributed by atoms with E-state index in [0.717, 1.165) is 33.4 Å². The number of hydrogen-bond donors (Lipinski definition) is 2. The van der Waals surface area contributed by atoms with Crippen LogP contribution in [-0.2, 0) is 0 Å². The molecule has 2 aromatic heterocycles. The second-order valence-electron chi connectivity index (χ2n) is 4.89. The molecule has 0 aliphatic carbocycles. The molecule has 0 radical (unpaired) electrons. The van der Waals surface area contributed by atoms with Crippen LogP contribution in [0.25, 0.3) is 33.1 Å². The van der Waals surface area contributed by atoms with E-state index < -0.39 is 0 Å². The number of rotatable bonds is 1. The molecule has 0 saturated heterocycles. The van der Waals surface area contributed by atoms with Crippen molar-refractivity contribution in [3.63, 3.8) is 0 Å². The van der Waals surface area contributed by atoms with Crippen LogP contribution in [0.5, 0.6) is 0 Å². The van der Waals surface area contributed by atoms with Crippen molar-refractivity contribution >= 4 is 27.5 Å². The number of para-hydroxylation sites is 1. The lowest BCUT2D eigenvalue weighted by Crippen LogP contribution is -1.92. The summed E-state index contributed by atoms with van der Waals surface area (Å²) in [6.45, 7) is 0. The Hall–Kier alpha value is -2.81. The number of nitrogens with two attached hydrogens (primary N) is 1. The van der Waals surface area contributed by atoms with Crippen molar-refractivity contribution in [2.75, 3.05) is 5.73 Å². The lowest BCUT2D eigenvalue weighted by atomic mass is 10.1. The Morgan fingerprint density at radius 3 is 2.80 bits per heavy atom. The molecule has 0 unspecified atom stereocenters. The zero-order chi connectivity index (χ0) is 13.5. The summed E-state index contributed by atoms with van der Waals surface area (Å²) in [5.74, 6) is 0. The molecular weight excluding hydrogens is 246 g/mol. The number of hydrogen-bond acceptors (Lipinski definition) is 2. The largest absolute Gasteiger partial charge is 0.398 e. The Labute approximate surface area is 116 Å². The number of anilines is 1. The number of aromatic amines is 1. The van der Waals surface area contributed by atoms with Gasteiger partial charge in [0, 0.05) is 33.7 Å². The van der Waals surface area contributed by atoms with Crippen LogP contribution in [0.15, 0.2) is 60.8 Å². The Kier molecular flexibility index (Phi) is 2.27. The summed E-state index contributed by atoms with van der Waals surface area (Å²) < 4.78 is 0. The number of nitrogen functional groups attached to an aromatic ring is 1. The van der Waals surface area contributed by atoms with E-state index in [9.17, 15) is 0 Å². The molecule has 0 saturated carbocycles. The fourth-order valence-corrected chi connectivity index (χ4v) is 2.56. The number of H-pyrrole nitrogens is 1. The molecule has 0 aliphatic rings. The van der Waals surface area contributed by atoms with Gasteiger partial charge in [-0.25, -0.2) is 4.98 Å². The minimum absolute atomic E-state index is 0.764. The van der Waals surface area contributed by atoms with Gasteiger partial charge in [0.05, 0.1) is 11.2 Å². The molecule has 4 aromatic rings. The van der Waals surface area contributed by atoms with Crippen LogP contribution in [0, 0.1) is 0 Å². The molecule has 96 valence electrons. The van der Waals surface area contributed by atoms with Gasteiger partial charge in [0.2, 0.25) is 0 Å². The van der Waals surface area contributed by atoms with Crippen molar-refractivity contribution in [1.82, 2.24) is 9.97 Å². The van der Waals surface area contributed by atoms with Gasteiger partial charge in [-0.15, -0.1) is 0 Å². The van der Waals surface area contributed by atoms with E-state index in [1.54, 1.807) is 0 Å². The molecule has 20 heavy (non-hydrogen) atoms. The van der Waals surface area contributed by atoms with Crippen molar-refractivity contribution in [3.8, 4) is 11.3 Å². The van der Waals surface area contributed by atoms with Gasteiger partial charge in [-0.3, -0.25) is 0 Å². The van der Waals surface area contributed by atoms with Crippen LogP contribution in [-0.4, -0.2) is 9.97 Å². The summed E-state index contributed by atoms with van der Waals surface area (Å²) >= 11 is 0. The molecule has 0 atom stereocenters. The summed E-state index contributed by atoms with van der Waals surface area (Å²) in [7, 11) is 0. The highest BCUT2D eigenvalue weighted by Crippen LogP contribution is 2.28. The van der Waals surface area contributed by atoms with Gasteiger partial charge in [0.1, 0.15) is 0 Å². The topological polar surface area (TPSA) is 54.7 Å². The zero-order valence-corrected chi connectivity index (χ0v) is 10.8. The number of fused-ring (bicyclic) bond motifs is 2. The highest BCUT2D eigenvalue weighted by atomic mass is 14.7. The summed E-state index contributed by atoms with van der Waals surface area (Å²) in [4.78, 5) is 7.90. The van der Waals surface area contributed by atoms with E-state index in [1.807, 2.05) is 36.5 Å². The van der Waals surface area contributed by atoms with Crippen molar-refractivity contribution in [2.45, 2.75) is 0 Å². The molecule has 3 nitrogen and oxygen atoms in total. The first-order valence-corrected chi connectivity index (χ1v) is 6.54. The fraction of sp³-hybridized carbons (Fsp3) is 0. The second kappa shape index (κ2) is 4.10. The quantitative estimate of drug-likeness (QED) is 0.543. The van der Waals surface area contributed by atoms with Gasteiger partial charge in [-0.05, 0) is 30.3 Å². The van der Waals surface area contributed by atoms with Crippen LogP contribution in [0.2, 0.25) is 0 Å². The van der Waals surface area contributed by atoms with Crippen LogP contribution in [0.3, 0.4) is 0 Å². The van der Waals surface area contributed by atoms with Gasteiger partial charge >= 0.3 is 0 Å². The smallest absolute Gasteiger partial charge is 0.0730 e. The van der Waals surface area contributed by atoms with Crippen LogP contribution in [0.4, 0.5) is 5.69 Å². The molecule has 3 N–H and O–H groups in total. The van der Waals surface area contributed by atoms with Gasteiger partial charge in [0.25, 0.3) is 0 Å². The summed E-state index contributed by atoms with van der Waals surface area (Å²) in [5.41, 5.74) is 10.9. The maximum absolute atomic E-state index is 6.14. The van der Waals surface area contributed by atoms with Crippen molar-refractivity contribution < 1.29 is 0 Å². The molecule has 0 amide bonds. The minimum Gasteiger partial charge on any atom is -0.398 e. The van der Waals surface area contributed by atoms with Gasteiger partial charge < -0.3 is 10.7 Å². The third-order valence-corrected chi connectivity index (χ3v) is 3.60. The first-order valence-electron chi connectivity index (χ1n) is 6.54. The zero-order valence-electron chi connectivity index (χ0n) is 10.8. The van der Waals surface area contributed by atoms with Crippen LogP contribution in [0.1, 0.15) is 0 Å². The molecular formula is C17H13N3. The minimum atomic E-state index is 0.764. The maximum atomic E-state index is 6.14. The van der Waals surface area contributed by atoms with E-state index in [0.29, 0.717) is 0 Å². The SMILES string of the molecule is Nc1cc(-c2ccc3[nH]ccc3c2)nc2ccccc12. The fourth-order valence-electron chi connectivity index (χ4n) is 2.56. The maximum Gasteiger partial charge on any atom is 0.0730 e. The van der Waals surface area contributed by atoms with E-state index in [1.165, 1.54) is 5.39 Å². The van der Waals surface area contributed by atoms with E-state index >= 15 is 0 Å². The molecule has 0 fully saturated rings. The lowest BCUT2D eigenvalue weighted by molar-refractivity contribution is 1.40. The third kappa shape index (κ3) is 1.64. The third-order valence-electron chi connectivity index (χ3n) is 3.60.